The van der Waals surface area contributed by atoms with Crippen LogP contribution < -0.4 is 0 Å². The van der Waals surface area contributed by atoms with E-state index in [2.05, 4.69) is 15.2 Å². The first kappa shape index (κ1) is 8.96. The molecular formula is C8H6ClN3O2. The second-order valence-electron chi connectivity index (χ2n) is 2.83. The second-order valence-corrected chi connectivity index (χ2v) is 3.21. The van der Waals surface area contributed by atoms with Gasteiger partial charge in [0, 0.05) is 11.1 Å². The van der Waals surface area contributed by atoms with Crippen LogP contribution in [0.15, 0.2) is 6.20 Å². The molecule has 0 aromatic carbocycles. The molecule has 0 unspecified atom stereocenters. The second kappa shape index (κ2) is 2.95. The minimum atomic E-state index is -1.14. The summed E-state index contributed by atoms with van der Waals surface area (Å²) in [7, 11) is 0. The summed E-state index contributed by atoms with van der Waals surface area (Å²) in [6, 6.07) is 0. The number of aromatic amines is 1. The van der Waals surface area contributed by atoms with Crippen LogP contribution in [0, 0.1) is 6.92 Å². The third kappa shape index (κ3) is 1.13. The molecule has 0 spiro atoms. The van der Waals surface area contributed by atoms with Gasteiger partial charge >= 0.3 is 5.97 Å². The van der Waals surface area contributed by atoms with E-state index in [0.717, 1.165) is 5.69 Å². The summed E-state index contributed by atoms with van der Waals surface area (Å²) in [5, 5.41) is 16.1. The number of carbonyl (C=O) groups is 1. The van der Waals surface area contributed by atoms with Crippen molar-refractivity contribution in [3.8, 4) is 0 Å². The predicted octanol–water partition coefficient (Wildman–Crippen LogP) is 1.62. The normalized spacial score (nSPS) is 10.7. The van der Waals surface area contributed by atoms with Crippen molar-refractivity contribution >= 4 is 28.5 Å². The van der Waals surface area contributed by atoms with Crippen LogP contribution in [0.2, 0.25) is 5.02 Å². The van der Waals surface area contributed by atoms with Gasteiger partial charge in [-0.3, -0.25) is 5.10 Å². The largest absolute Gasteiger partial charge is 0.476 e. The van der Waals surface area contributed by atoms with Crippen LogP contribution in [0.5, 0.6) is 0 Å². The maximum absolute atomic E-state index is 10.7. The van der Waals surface area contributed by atoms with E-state index in [9.17, 15) is 4.79 Å². The summed E-state index contributed by atoms with van der Waals surface area (Å²) in [5.74, 6) is -1.14. The Morgan fingerprint density at radius 1 is 1.64 bits per heavy atom. The van der Waals surface area contributed by atoms with Crippen molar-refractivity contribution in [2.24, 2.45) is 0 Å². The van der Waals surface area contributed by atoms with E-state index in [1.807, 2.05) is 0 Å². The average molecular weight is 212 g/mol. The van der Waals surface area contributed by atoms with Gasteiger partial charge in [-0.15, -0.1) is 0 Å². The number of rotatable bonds is 1. The van der Waals surface area contributed by atoms with Crippen molar-refractivity contribution in [1.82, 2.24) is 15.2 Å². The van der Waals surface area contributed by atoms with Crippen LogP contribution in [-0.2, 0) is 0 Å². The molecule has 0 aliphatic carbocycles. The number of carboxylic acid groups (broad SMARTS) is 1. The van der Waals surface area contributed by atoms with Gasteiger partial charge in [0.25, 0.3) is 0 Å². The molecule has 0 saturated heterocycles. The van der Waals surface area contributed by atoms with Crippen LogP contribution in [0.1, 0.15) is 16.2 Å². The average Bonchev–Trinajstić information content (AvgIpc) is 2.48. The highest BCUT2D eigenvalue weighted by Crippen LogP contribution is 2.26. The van der Waals surface area contributed by atoms with Crippen molar-refractivity contribution in [1.29, 1.82) is 0 Å². The number of aromatic nitrogens is 3. The number of aryl methyl sites for hydroxylation is 1. The van der Waals surface area contributed by atoms with Crippen LogP contribution >= 0.6 is 11.6 Å². The maximum Gasteiger partial charge on any atom is 0.356 e. The lowest BCUT2D eigenvalue weighted by molar-refractivity contribution is 0.0691. The topological polar surface area (TPSA) is 78.9 Å². The zero-order chi connectivity index (χ0) is 10.3. The van der Waals surface area contributed by atoms with Crippen LogP contribution in [-0.4, -0.2) is 26.3 Å². The van der Waals surface area contributed by atoms with E-state index >= 15 is 0 Å². The van der Waals surface area contributed by atoms with Gasteiger partial charge in [-0.2, -0.15) is 5.10 Å². The highest BCUT2D eigenvalue weighted by Gasteiger charge is 2.16. The quantitative estimate of drug-likeness (QED) is 0.751. The third-order valence-electron chi connectivity index (χ3n) is 1.92. The van der Waals surface area contributed by atoms with E-state index in [-0.39, 0.29) is 10.7 Å². The Labute approximate surface area is 83.7 Å². The first-order valence-corrected chi connectivity index (χ1v) is 4.21. The molecule has 0 aliphatic rings. The van der Waals surface area contributed by atoms with Crippen molar-refractivity contribution in [3.05, 3.63) is 22.6 Å². The summed E-state index contributed by atoms with van der Waals surface area (Å²) in [6.45, 7) is 1.77. The number of nitrogens with zero attached hydrogens (tertiary/aromatic N) is 2. The summed E-state index contributed by atoms with van der Waals surface area (Å²) in [5.41, 5.74) is 1.15. The number of hydrogen-bond acceptors (Lipinski definition) is 3. The Morgan fingerprint density at radius 3 is 3.00 bits per heavy atom. The number of aromatic carboxylic acids is 1. The molecule has 72 valence electrons. The Morgan fingerprint density at radius 2 is 2.36 bits per heavy atom. The van der Waals surface area contributed by atoms with Crippen LogP contribution in [0.4, 0.5) is 0 Å². The Kier molecular flexibility index (Phi) is 1.89. The van der Waals surface area contributed by atoms with Gasteiger partial charge in [0.2, 0.25) is 0 Å². The molecular weight excluding hydrogens is 206 g/mol. The first-order valence-electron chi connectivity index (χ1n) is 3.83. The lowest BCUT2D eigenvalue weighted by Gasteiger charge is -1.98. The van der Waals surface area contributed by atoms with Crippen molar-refractivity contribution in [2.75, 3.05) is 0 Å². The number of H-pyrrole nitrogens is 1. The Balaban J connectivity index is 2.86. The number of fused-ring (bicyclic) bond motifs is 1. The van der Waals surface area contributed by atoms with Crippen LogP contribution in [0.25, 0.3) is 10.9 Å². The molecule has 0 atom stereocenters. The van der Waals surface area contributed by atoms with Crippen LogP contribution in [0.3, 0.4) is 0 Å². The summed E-state index contributed by atoms with van der Waals surface area (Å²) in [4.78, 5) is 14.4. The molecule has 2 N–H and O–H groups in total. The van der Waals surface area contributed by atoms with Gasteiger partial charge in [0.05, 0.1) is 11.2 Å². The fourth-order valence-electron chi connectivity index (χ4n) is 1.27. The third-order valence-corrected chi connectivity index (χ3v) is 2.29. The maximum atomic E-state index is 10.7. The number of carboxylic acids is 1. The van der Waals surface area contributed by atoms with Gasteiger partial charge in [0.15, 0.2) is 5.69 Å². The minimum Gasteiger partial charge on any atom is -0.476 e. The number of halogens is 1. The van der Waals surface area contributed by atoms with E-state index in [1.54, 1.807) is 6.92 Å². The molecule has 0 saturated carbocycles. The smallest absolute Gasteiger partial charge is 0.356 e. The summed E-state index contributed by atoms with van der Waals surface area (Å²) in [6.07, 6.45) is 1.38. The monoisotopic (exact) mass is 211 g/mol. The van der Waals surface area contributed by atoms with Crippen molar-refractivity contribution < 1.29 is 9.90 Å². The number of nitrogens with one attached hydrogen (secondary N) is 1. The molecule has 2 aromatic heterocycles. The highest BCUT2D eigenvalue weighted by atomic mass is 35.5. The molecule has 14 heavy (non-hydrogen) atoms. The minimum absolute atomic E-state index is 0.126. The van der Waals surface area contributed by atoms with E-state index in [0.29, 0.717) is 10.9 Å². The van der Waals surface area contributed by atoms with E-state index in [4.69, 9.17) is 16.7 Å². The zero-order valence-corrected chi connectivity index (χ0v) is 7.96. The first-order chi connectivity index (χ1) is 6.61. The lowest BCUT2D eigenvalue weighted by Crippen LogP contribution is -2.01. The van der Waals surface area contributed by atoms with Gasteiger partial charge in [0.1, 0.15) is 5.52 Å². The van der Waals surface area contributed by atoms with Gasteiger partial charge in [-0.05, 0) is 6.92 Å². The molecule has 0 fully saturated rings. The zero-order valence-electron chi connectivity index (χ0n) is 7.21. The molecule has 2 rings (SSSR count). The molecule has 5 nitrogen and oxygen atoms in total. The fraction of sp³-hybridized carbons (Fsp3) is 0.125. The highest BCUT2D eigenvalue weighted by molar-refractivity contribution is 6.38. The van der Waals surface area contributed by atoms with Gasteiger partial charge < -0.3 is 5.11 Å². The molecule has 0 aliphatic heterocycles. The summed E-state index contributed by atoms with van der Waals surface area (Å²) < 4.78 is 0. The molecule has 2 heterocycles. The van der Waals surface area contributed by atoms with Crippen molar-refractivity contribution in [3.63, 3.8) is 0 Å². The molecule has 0 radical (unpaired) electrons. The Hall–Kier alpha value is -1.62. The SMILES string of the molecule is Cc1[nH]nc2cnc(C(=O)O)c(Cl)c12. The molecule has 0 amide bonds. The number of pyridine rings is 1. The van der Waals surface area contributed by atoms with Gasteiger partial charge in [-0.1, -0.05) is 11.6 Å². The molecule has 6 heteroatoms. The number of hydrogen-bond donors (Lipinski definition) is 2. The fourth-order valence-corrected chi connectivity index (χ4v) is 1.64. The summed E-state index contributed by atoms with van der Waals surface area (Å²) >= 11 is 5.88. The van der Waals surface area contributed by atoms with Gasteiger partial charge in [-0.25, -0.2) is 9.78 Å². The molecule has 0 bridgehead atoms. The molecule has 2 aromatic rings. The van der Waals surface area contributed by atoms with E-state index in [1.165, 1.54) is 6.20 Å². The van der Waals surface area contributed by atoms with E-state index < -0.39 is 5.97 Å². The Bertz CT molecular complexity index is 521. The standard InChI is InChI=1S/C8H6ClN3O2/c1-3-5-4(12-11-3)2-10-7(6(5)9)8(13)14/h2H,1H3,(H,11,12)(H,13,14). The lowest BCUT2D eigenvalue weighted by atomic mass is 10.2. The predicted molar refractivity (Wildman–Crippen MR) is 50.6 cm³/mol. The van der Waals surface area contributed by atoms with Crippen molar-refractivity contribution in [2.45, 2.75) is 6.92 Å².